The summed E-state index contributed by atoms with van der Waals surface area (Å²) in [5, 5.41) is 3.71. The van der Waals surface area contributed by atoms with E-state index in [-0.39, 0.29) is 0 Å². The Balaban J connectivity index is 1.87. The van der Waals surface area contributed by atoms with Gasteiger partial charge in [0.2, 0.25) is 0 Å². The summed E-state index contributed by atoms with van der Waals surface area (Å²) in [6.45, 7) is 10.5. The number of nitrogens with zero attached hydrogens (tertiary/aromatic N) is 1. The third kappa shape index (κ3) is 4.50. The van der Waals surface area contributed by atoms with Crippen LogP contribution in [0.3, 0.4) is 0 Å². The third-order valence-corrected chi connectivity index (χ3v) is 4.26. The molecule has 1 fully saturated rings. The van der Waals surface area contributed by atoms with Crippen molar-refractivity contribution in [3.63, 3.8) is 0 Å². The van der Waals surface area contributed by atoms with E-state index in [0.29, 0.717) is 6.04 Å². The third-order valence-electron chi connectivity index (χ3n) is 3.77. The van der Waals surface area contributed by atoms with E-state index < -0.39 is 0 Å². The van der Waals surface area contributed by atoms with E-state index in [4.69, 9.17) is 0 Å². The average Bonchev–Trinajstić information content (AvgIpc) is 2.35. The van der Waals surface area contributed by atoms with Gasteiger partial charge in [-0.1, -0.05) is 35.8 Å². The first-order valence-corrected chi connectivity index (χ1v) is 8.09. The van der Waals surface area contributed by atoms with Crippen LogP contribution in [0.4, 0.5) is 5.69 Å². The van der Waals surface area contributed by atoms with Crippen LogP contribution in [0.25, 0.3) is 0 Å². The number of rotatable bonds is 4. The lowest BCUT2D eigenvalue weighted by Crippen LogP contribution is -2.40. The Bertz CT molecular complexity index is 409. The number of benzene rings is 1. The Kier molecular flexibility index (Phi) is 5.28. The highest BCUT2D eigenvalue weighted by molar-refractivity contribution is 9.10. The van der Waals surface area contributed by atoms with Crippen LogP contribution in [0.1, 0.15) is 32.3 Å². The molecule has 0 aliphatic carbocycles. The highest BCUT2D eigenvalue weighted by atomic mass is 79.9. The van der Waals surface area contributed by atoms with E-state index in [1.165, 1.54) is 43.7 Å². The zero-order valence-electron chi connectivity index (χ0n) is 12.2. The molecule has 1 heterocycles. The molecule has 1 aromatic rings. The molecule has 106 valence electrons. The number of nitrogens with one attached hydrogen (secondary N) is 1. The monoisotopic (exact) mass is 324 g/mol. The molecule has 0 spiro atoms. The van der Waals surface area contributed by atoms with Crippen molar-refractivity contribution in [1.29, 1.82) is 0 Å². The smallest absolute Gasteiger partial charge is 0.0383 e. The molecule has 0 radical (unpaired) electrons. The molecule has 1 N–H and O–H groups in total. The van der Waals surface area contributed by atoms with E-state index in [1.807, 2.05) is 0 Å². The van der Waals surface area contributed by atoms with Crippen LogP contribution in [0, 0.1) is 12.8 Å². The molecular weight excluding hydrogens is 300 g/mol. The fourth-order valence-electron chi connectivity index (χ4n) is 2.75. The summed E-state index contributed by atoms with van der Waals surface area (Å²) in [5.41, 5.74) is 2.60. The van der Waals surface area contributed by atoms with Crippen LogP contribution >= 0.6 is 15.9 Å². The maximum Gasteiger partial charge on any atom is 0.0383 e. The summed E-state index contributed by atoms with van der Waals surface area (Å²) < 4.78 is 1.15. The minimum absolute atomic E-state index is 0.622. The van der Waals surface area contributed by atoms with Gasteiger partial charge in [-0.25, -0.2) is 0 Å². The predicted molar refractivity (Wildman–Crippen MR) is 86.8 cm³/mol. The summed E-state index contributed by atoms with van der Waals surface area (Å²) >= 11 is 3.55. The second kappa shape index (κ2) is 6.76. The molecule has 0 bridgehead atoms. The van der Waals surface area contributed by atoms with Crippen molar-refractivity contribution in [2.45, 2.75) is 39.7 Å². The number of hydrogen-bond acceptors (Lipinski definition) is 2. The maximum atomic E-state index is 3.71. The zero-order valence-corrected chi connectivity index (χ0v) is 13.8. The van der Waals surface area contributed by atoms with E-state index in [0.717, 1.165) is 10.4 Å². The van der Waals surface area contributed by atoms with E-state index in [2.05, 4.69) is 65.1 Å². The number of aryl methyl sites for hydroxylation is 1. The van der Waals surface area contributed by atoms with Crippen molar-refractivity contribution < 1.29 is 0 Å². The van der Waals surface area contributed by atoms with Crippen LogP contribution in [0.2, 0.25) is 0 Å². The summed E-state index contributed by atoms with van der Waals surface area (Å²) in [6.07, 6.45) is 2.50. The number of piperidine rings is 1. The topological polar surface area (TPSA) is 15.3 Å². The zero-order chi connectivity index (χ0) is 13.8. The van der Waals surface area contributed by atoms with Gasteiger partial charge in [0.1, 0.15) is 0 Å². The van der Waals surface area contributed by atoms with Crippen LogP contribution in [-0.2, 0) is 0 Å². The number of likely N-dealkylation sites (tertiary alicyclic amines) is 1. The molecular formula is C16H25BrN2. The van der Waals surface area contributed by atoms with Gasteiger partial charge >= 0.3 is 0 Å². The quantitative estimate of drug-likeness (QED) is 0.888. The van der Waals surface area contributed by atoms with E-state index in [1.54, 1.807) is 0 Å². The van der Waals surface area contributed by atoms with Crippen LogP contribution < -0.4 is 5.32 Å². The average molecular weight is 325 g/mol. The first-order valence-electron chi connectivity index (χ1n) is 7.29. The largest absolute Gasteiger partial charge is 0.382 e. The molecule has 3 heteroatoms. The molecule has 1 saturated heterocycles. The standard InChI is InChI=1S/C16H25BrN2/c1-12(2)11-19-8-6-15(7-9-19)18-16-10-14(17)5-4-13(16)3/h4-5,10,12,15,18H,6-9,11H2,1-3H3. The van der Waals surface area contributed by atoms with Gasteiger partial charge in [-0.3, -0.25) is 0 Å². The Morgan fingerprint density at radius 2 is 2.00 bits per heavy atom. The molecule has 0 atom stereocenters. The second-order valence-electron chi connectivity index (χ2n) is 6.07. The van der Waals surface area contributed by atoms with Crippen molar-refractivity contribution in [2.75, 3.05) is 25.0 Å². The molecule has 1 aromatic carbocycles. The normalized spacial score (nSPS) is 17.9. The van der Waals surface area contributed by atoms with Gasteiger partial charge in [0.15, 0.2) is 0 Å². The van der Waals surface area contributed by atoms with Crippen molar-refractivity contribution in [1.82, 2.24) is 4.90 Å². The SMILES string of the molecule is Cc1ccc(Br)cc1NC1CCN(CC(C)C)CC1. The summed E-state index contributed by atoms with van der Waals surface area (Å²) in [6, 6.07) is 7.08. The first-order chi connectivity index (χ1) is 9.04. The number of hydrogen-bond donors (Lipinski definition) is 1. The minimum atomic E-state index is 0.622. The fourth-order valence-corrected chi connectivity index (χ4v) is 3.11. The lowest BCUT2D eigenvalue weighted by molar-refractivity contribution is 0.198. The van der Waals surface area contributed by atoms with Crippen molar-refractivity contribution in [3.05, 3.63) is 28.2 Å². The van der Waals surface area contributed by atoms with Gasteiger partial charge in [-0.15, -0.1) is 0 Å². The summed E-state index contributed by atoms with van der Waals surface area (Å²) in [7, 11) is 0. The van der Waals surface area contributed by atoms with Gasteiger partial charge < -0.3 is 10.2 Å². The van der Waals surface area contributed by atoms with Crippen LogP contribution in [-0.4, -0.2) is 30.6 Å². The molecule has 0 unspecified atom stereocenters. The minimum Gasteiger partial charge on any atom is -0.382 e. The number of halogens is 1. The maximum absolute atomic E-state index is 3.71. The lowest BCUT2D eigenvalue weighted by Gasteiger charge is -2.34. The first kappa shape index (κ1) is 14.9. The molecule has 1 aliphatic rings. The fraction of sp³-hybridized carbons (Fsp3) is 0.625. The van der Waals surface area contributed by atoms with Crippen LogP contribution in [0.5, 0.6) is 0 Å². The molecule has 0 aromatic heterocycles. The van der Waals surface area contributed by atoms with Gasteiger partial charge in [0, 0.05) is 35.8 Å². The number of anilines is 1. The lowest BCUT2D eigenvalue weighted by atomic mass is 10.0. The highest BCUT2D eigenvalue weighted by Crippen LogP contribution is 2.24. The predicted octanol–water partition coefficient (Wildman–Crippen LogP) is 4.29. The molecule has 1 aliphatic heterocycles. The Morgan fingerprint density at radius 1 is 1.32 bits per heavy atom. The molecule has 2 nitrogen and oxygen atoms in total. The highest BCUT2D eigenvalue weighted by Gasteiger charge is 2.19. The molecule has 0 saturated carbocycles. The van der Waals surface area contributed by atoms with Crippen LogP contribution in [0.15, 0.2) is 22.7 Å². The van der Waals surface area contributed by atoms with Crippen molar-refractivity contribution in [3.8, 4) is 0 Å². The van der Waals surface area contributed by atoms with Gasteiger partial charge in [-0.2, -0.15) is 0 Å². The van der Waals surface area contributed by atoms with Gasteiger partial charge in [-0.05, 0) is 43.4 Å². The second-order valence-corrected chi connectivity index (χ2v) is 6.99. The molecule has 0 amide bonds. The summed E-state index contributed by atoms with van der Waals surface area (Å²) in [5.74, 6) is 0.775. The van der Waals surface area contributed by atoms with Gasteiger partial charge in [0.25, 0.3) is 0 Å². The van der Waals surface area contributed by atoms with E-state index in [9.17, 15) is 0 Å². The Hall–Kier alpha value is -0.540. The Labute approximate surface area is 125 Å². The van der Waals surface area contributed by atoms with Crippen molar-refractivity contribution >= 4 is 21.6 Å². The Morgan fingerprint density at radius 3 is 2.63 bits per heavy atom. The summed E-state index contributed by atoms with van der Waals surface area (Å²) in [4.78, 5) is 2.59. The molecule has 2 rings (SSSR count). The molecule has 19 heavy (non-hydrogen) atoms. The van der Waals surface area contributed by atoms with Gasteiger partial charge in [0.05, 0.1) is 0 Å². The van der Waals surface area contributed by atoms with E-state index >= 15 is 0 Å². The van der Waals surface area contributed by atoms with Crippen molar-refractivity contribution in [2.24, 2.45) is 5.92 Å².